The summed E-state index contributed by atoms with van der Waals surface area (Å²) in [5.74, 6) is -0.873. The molecule has 0 aliphatic carbocycles. The molecule has 3 nitrogen and oxygen atoms in total. The Labute approximate surface area is 66.7 Å². The minimum absolute atomic E-state index is 0.425. The van der Waals surface area contributed by atoms with Crippen molar-refractivity contribution in [3.8, 4) is 0 Å². The predicted octanol–water partition coefficient (Wildman–Crippen LogP) is 0.610. The van der Waals surface area contributed by atoms with Gasteiger partial charge in [0.15, 0.2) is 5.78 Å². The van der Waals surface area contributed by atoms with Gasteiger partial charge in [0.1, 0.15) is 0 Å². The molecule has 0 fully saturated rings. The van der Waals surface area contributed by atoms with E-state index in [2.05, 4.69) is 0 Å². The van der Waals surface area contributed by atoms with Crippen LogP contribution in [0.2, 0.25) is 0 Å². The standard InChI is InChI=1S/C8H13NO2/c1-6(9(3)4)5-8(11)7(2)10/h5H,1-4H3/b6-5+. The Morgan fingerprint density at radius 3 is 1.91 bits per heavy atom. The molecular formula is C8H13NO2. The molecule has 0 rings (SSSR count). The Bertz CT molecular complexity index is 204. The zero-order valence-electron chi connectivity index (χ0n) is 7.34. The van der Waals surface area contributed by atoms with Crippen LogP contribution in [0.4, 0.5) is 0 Å². The number of ketones is 2. The van der Waals surface area contributed by atoms with Gasteiger partial charge in [-0.3, -0.25) is 9.59 Å². The molecule has 0 bridgehead atoms. The van der Waals surface area contributed by atoms with E-state index >= 15 is 0 Å². The van der Waals surface area contributed by atoms with Crippen LogP contribution in [-0.4, -0.2) is 30.6 Å². The zero-order valence-corrected chi connectivity index (χ0v) is 7.34. The van der Waals surface area contributed by atoms with Gasteiger partial charge in [-0.15, -0.1) is 0 Å². The SMILES string of the molecule is CC(=O)C(=O)/C=C(\C)N(C)C. The summed E-state index contributed by atoms with van der Waals surface area (Å²) in [7, 11) is 3.64. The lowest BCUT2D eigenvalue weighted by Crippen LogP contribution is -2.13. The maximum Gasteiger partial charge on any atom is 0.222 e. The molecule has 0 amide bonds. The molecule has 0 saturated heterocycles. The van der Waals surface area contributed by atoms with E-state index in [1.165, 1.54) is 13.0 Å². The van der Waals surface area contributed by atoms with E-state index in [4.69, 9.17) is 0 Å². The average molecular weight is 155 g/mol. The Morgan fingerprint density at radius 2 is 1.64 bits per heavy atom. The van der Waals surface area contributed by atoms with Crippen molar-refractivity contribution in [3.05, 3.63) is 11.8 Å². The van der Waals surface area contributed by atoms with Crippen LogP contribution in [0.1, 0.15) is 13.8 Å². The Morgan fingerprint density at radius 1 is 1.18 bits per heavy atom. The van der Waals surface area contributed by atoms with Gasteiger partial charge >= 0.3 is 0 Å². The number of allylic oxidation sites excluding steroid dienone is 2. The van der Waals surface area contributed by atoms with Crippen LogP contribution in [0.25, 0.3) is 0 Å². The summed E-state index contributed by atoms with van der Waals surface area (Å²) in [6, 6.07) is 0. The van der Waals surface area contributed by atoms with E-state index in [9.17, 15) is 9.59 Å². The normalized spacial score (nSPS) is 11.1. The number of hydrogen-bond donors (Lipinski definition) is 0. The molecule has 0 atom stereocenters. The van der Waals surface area contributed by atoms with E-state index in [0.717, 1.165) is 5.70 Å². The molecular weight excluding hydrogens is 142 g/mol. The molecule has 62 valence electrons. The minimum atomic E-state index is -0.448. The van der Waals surface area contributed by atoms with Gasteiger partial charge in [0.05, 0.1) is 0 Å². The first-order valence-electron chi connectivity index (χ1n) is 3.35. The highest BCUT2D eigenvalue weighted by atomic mass is 16.2. The van der Waals surface area contributed by atoms with Gasteiger partial charge < -0.3 is 4.90 Å². The van der Waals surface area contributed by atoms with E-state index in [0.29, 0.717) is 0 Å². The number of carbonyl (C=O) groups is 2. The first kappa shape index (κ1) is 9.88. The maximum absolute atomic E-state index is 10.8. The van der Waals surface area contributed by atoms with Crippen LogP contribution in [0.3, 0.4) is 0 Å². The summed E-state index contributed by atoms with van der Waals surface area (Å²) in [4.78, 5) is 23.1. The van der Waals surface area contributed by atoms with Crippen molar-refractivity contribution in [2.45, 2.75) is 13.8 Å². The van der Waals surface area contributed by atoms with Crippen molar-refractivity contribution in [3.63, 3.8) is 0 Å². The smallest absolute Gasteiger partial charge is 0.222 e. The summed E-state index contributed by atoms with van der Waals surface area (Å²) in [6.07, 6.45) is 1.34. The van der Waals surface area contributed by atoms with Crippen LogP contribution in [0, 0.1) is 0 Å². The molecule has 11 heavy (non-hydrogen) atoms. The average Bonchev–Trinajstić information content (AvgIpc) is 1.87. The molecule has 0 radical (unpaired) electrons. The highest BCUT2D eigenvalue weighted by molar-refractivity contribution is 6.40. The first-order valence-corrected chi connectivity index (χ1v) is 3.35. The van der Waals surface area contributed by atoms with Crippen molar-refractivity contribution < 1.29 is 9.59 Å². The second-order valence-electron chi connectivity index (χ2n) is 2.60. The molecule has 0 saturated carbocycles. The quantitative estimate of drug-likeness (QED) is 0.442. The molecule has 0 aliphatic rings. The molecule has 0 unspecified atom stereocenters. The molecule has 0 N–H and O–H groups in total. The van der Waals surface area contributed by atoms with Gasteiger partial charge in [-0.05, 0) is 6.92 Å². The van der Waals surface area contributed by atoms with Crippen molar-refractivity contribution in [1.29, 1.82) is 0 Å². The summed E-state index contributed by atoms with van der Waals surface area (Å²) >= 11 is 0. The van der Waals surface area contributed by atoms with Gasteiger partial charge in [0.2, 0.25) is 5.78 Å². The van der Waals surface area contributed by atoms with Crippen molar-refractivity contribution >= 4 is 11.6 Å². The Hall–Kier alpha value is -1.12. The number of Topliss-reactive ketones (excluding diaryl/α,β-unsaturated/α-hetero) is 1. The molecule has 0 aromatic heterocycles. The van der Waals surface area contributed by atoms with Crippen molar-refractivity contribution in [1.82, 2.24) is 4.90 Å². The molecule has 0 heterocycles. The second-order valence-corrected chi connectivity index (χ2v) is 2.60. The monoisotopic (exact) mass is 155 g/mol. The largest absolute Gasteiger partial charge is 0.381 e. The van der Waals surface area contributed by atoms with Crippen molar-refractivity contribution in [2.24, 2.45) is 0 Å². The number of nitrogens with zero attached hydrogens (tertiary/aromatic N) is 1. The molecule has 0 aliphatic heterocycles. The molecule has 3 heteroatoms. The van der Waals surface area contributed by atoms with Gasteiger partial charge in [-0.2, -0.15) is 0 Å². The maximum atomic E-state index is 10.8. The minimum Gasteiger partial charge on any atom is -0.381 e. The summed E-state index contributed by atoms with van der Waals surface area (Å²) in [5.41, 5.74) is 0.783. The van der Waals surface area contributed by atoms with E-state index in [-0.39, 0.29) is 0 Å². The van der Waals surface area contributed by atoms with Gasteiger partial charge in [0.25, 0.3) is 0 Å². The third-order valence-corrected chi connectivity index (χ3v) is 1.39. The van der Waals surface area contributed by atoms with E-state index in [1.54, 1.807) is 11.8 Å². The topological polar surface area (TPSA) is 37.4 Å². The first-order chi connectivity index (χ1) is 4.95. The van der Waals surface area contributed by atoms with Crippen LogP contribution >= 0.6 is 0 Å². The van der Waals surface area contributed by atoms with Gasteiger partial charge in [-0.25, -0.2) is 0 Å². The number of carbonyl (C=O) groups excluding carboxylic acids is 2. The highest BCUT2D eigenvalue weighted by Crippen LogP contribution is 1.95. The van der Waals surface area contributed by atoms with Crippen LogP contribution in [-0.2, 0) is 9.59 Å². The second kappa shape index (κ2) is 3.91. The lowest BCUT2D eigenvalue weighted by atomic mass is 10.2. The fraction of sp³-hybridized carbons (Fsp3) is 0.500. The van der Waals surface area contributed by atoms with E-state index in [1.807, 2.05) is 14.1 Å². The van der Waals surface area contributed by atoms with Crippen LogP contribution in [0.15, 0.2) is 11.8 Å². The third kappa shape index (κ3) is 3.55. The summed E-state index contributed by atoms with van der Waals surface area (Å²) in [6.45, 7) is 3.04. The molecule has 0 aromatic rings. The van der Waals surface area contributed by atoms with Gasteiger partial charge in [0, 0.05) is 32.8 Å². The van der Waals surface area contributed by atoms with Crippen molar-refractivity contribution in [2.75, 3.05) is 14.1 Å². The van der Waals surface area contributed by atoms with E-state index < -0.39 is 11.6 Å². The highest BCUT2D eigenvalue weighted by Gasteiger charge is 2.04. The summed E-state index contributed by atoms with van der Waals surface area (Å²) < 4.78 is 0. The molecule has 0 aromatic carbocycles. The Balaban J connectivity index is 4.32. The molecule has 0 spiro atoms. The lowest BCUT2D eigenvalue weighted by molar-refractivity contribution is -0.132. The van der Waals surface area contributed by atoms with Crippen LogP contribution < -0.4 is 0 Å². The van der Waals surface area contributed by atoms with Crippen LogP contribution in [0.5, 0.6) is 0 Å². The predicted molar refractivity (Wildman–Crippen MR) is 43.1 cm³/mol. The zero-order chi connectivity index (χ0) is 9.02. The summed E-state index contributed by atoms with van der Waals surface area (Å²) in [5, 5.41) is 0. The fourth-order valence-electron chi connectivity index (χ4n) is 0.420. The third-order valence-electron chi connectivity index (χ3n) is 1.39. The fourth-order valence-corrected chi connectivity index (χ4v) is 0.420. The van der Waals surface area contributed by atoms with Gasteiger partial charge in [-0.1, -0.05) is 0 Å². The number of hydrogen-bond acceptors (Lipinski definition) is 3. The Kier molecular flexibility index (Phi) is 3.51. The number of rotatable bonds is 3. The lowest BCUT2D eigenvalue weighted by Gasteiger charge is -2.11.